The number of nitrogens with one attached hydrogen (secondary N) is 1. The molecular formula is C44H89N2O7P. The summed E-state index contributed by atoms with van der Waals surface area (Å²) in [6.07, 6.45) is 41.5. The number of carbonyl (C=O) groups excluding carboxylic acids is 1. The molecule has 0 aromatic heterocycles. The number of aliphatic hydroxyl groups excluding tert-OH is 2. The highest BCUT2D eigenvalue weighted by Gasteiger charge is 2.27. The van der Waals surface area contributed by atoms with Crippen LogP contribution < -0.4 is 11.1 Å². The first-order valence-corrected chi connectivity index (χ1v) is 24.4. The summed E-state index contributed by atoms with van der Waals surface area (Å²) in [5, 5.41) is 24.1. The number of rotatable bonds is 43. The van der Waals surface area contributed by atoms with Crippen LogP contribution in [0.3, 0.4) is 0 Å². The van der Waals surface area contributed by atoms with Gasteiger partial charge in [0.1, 0.15) is 0 Å². The van der Waals surface area contributed by atoms with E-state index in [1.165, 1.54) is 161 Å². The molecule has 0 aliphatic carbocycles. The second-order valence-electron chi connectivity index (χ2n) is 15.8. The van der Waals surface area contributed by atoms with Crippen LogP contribution >= 0.6 is 7.82 Å². The zero-order valence-corrected chi connectivity index (χ0v) is 36.2. The maximum absolute atomic E-state index is 12.8. The molecule has 0 spiro atoms. The molecule has 0 saturated heterocycles. The third-order valence-corrected chi connectivity index (χ3v) is 11.4. The molecule has 322 valence electrons. The van der Waals surface area contributed by atoms with Crippen molar-refractivity contribution in [1.82, 2.24) is 5.32 Å². The van der Waals surface area contributed by atoms with Gasteiger partial charge in [-0.05, 0) is 19.3 Å². The second-order valence-corrected chi connectivity index (χ2v) is 17.3. The topological polar surface area (TPSA) is 151 Å². The third kappa shape index (κ3) is 38.1. The van der Waals surface area contributed by atoms with Gasteiger partial charge in [0.25, 0.3) is 0 Å². The quantitative estimate of drug-likeness (QED) is 0.0233. The van der Waals surface area contributed by atoms with Crippen molar-refractivity contribution in [1.29, 1.82) is 0 Å². The first-order valence-electron chi connectivity index (χ1n) is 22.9. The number of aliphatic hydroxyl groups is 2. The molecule has 0 saturated carbocycles. The summed E-state index contributed by atoms with van der Waals surface area (Å²) in [6.45, 7) is 3.99. The summed E-state index contributed by atoms with van der Waals surface area (Å²) in [6, 6.07) is -0.977. The smallest absolute Gasteiger partial charge is 0.393 e. The van der Waals surface area contributed by atoms with Crippen molar-refractivity contribution >= 4 is 13.7 Å². The number of carbonyl (C=O) groups is 1. The molecule has 0 aliphatic heterocycles. The van der Waals surface area contributed by atoms with E-state index in [1.807, 2.05) is 6.08 Å². The summed E-state index contributed by atoms with van der Waals surface area (Å²) in [5.74, 6) is -0.442. The van der Waals surface area contributed by atoms with Crippen LogP contribution in [0.5, 0.6) is 0 Å². The van der Waals surface area contributed by atoms with E-state index in [9.17, 15) is 24.5 Å². The lowest BCUT2D eigenvalue weighted by molar-refractivity contribution is -0.124. The van der Waals surface area contributed by atoms with Crippen molar-refractivity contribution in [2.45, 2.75) is 244 Å². The van der Waals surface area contributed by atoms with Gasteiger partial charge in [-0.1, -0.05) is 212 Å². The van der Waals surface area contributed by atoms with E-state index >= 15 is 0 Å². The van der Waals surface area contributed by atoms with Gasteiger partial charge in [0.05, 0.1) is 37.9 Å². The molecule has 1 amide bonds. The van der Waals surface area contributed by atoms with Gasteiger partial charge in [-0.25, -0.2) is 4.57 Å². The van der Waals surface area contributed by atoms with Crippen molar-refractivity contribution in [2.75, 3.05) is 19.8 Å². The van der Waals surface area contributed by atoms with Crippen LogP contribution in [-0.2, 0) is 18.4 Å². The Kier molecular flexibility index (Phi) is 39.8. The first kappa shape index (κ1) is 53.2. The standard InChI is InChI=1S/C44H89N2O7P/c1-3-5-7-9-11-13-15-17-18-19-20-21-22-24-25-27-29-31-33-35-41(47)39-44(49)46-42(40-53-54(50,51)52-38-37-45)43(48)36-34-32-30-28-26-23-16-14-12-10-8-6-4-2/h34,36,41-43,47-48H,3-33,35,37-40,45H2,1-2H3,(H,46,49)(H,50,51)/b36-34+. The molecule has 6 N–H and O–H groups in total. The Bertz CT molecular complexity index is 878. The Morgan fingerprint density at radius 1 is 0.630 bits per heavy atom. The molecule has 0 aromatic carbocycles. The van der Waals surface area contributed by atoms with Crippen molar-refractivity contribution in [3.8, 4) is 0 Å². The minimum Gasteiger partial charge on any atom is -0.393 e. The van der Waals surface area contributed by atoms with Crippen molar-refractivity contribution < 1.29 is 33.5 Å². The molecule has 0 bridgehead atoms. The lowest BCUT2D eigenvalue weighted by Crippen LogP contribution is -2.46. The second kappa shape index (κ2) is 40.4. The lowest BCUT2D eigenvalue weighted by Gasteiger charge is -2.24. The number of phosphoric ester groups is 1. The van der Waals surface area contributed by atoms with Gasteiger partial charge >= 0.3 is 7.82 Å². The molecule has 4 atom stereocenters. The van der Waals surface area contributed by atoms with Crippen LogP contribution in [0.4, 0.5) is 0 Å². The molecule has 0 aliphatic rings. The number of allylic oxidation sites excluding steroid dienone is 1. The molecule has 0 heterocycles. The van der Waals surface area contributed by atoms with Crippen LogP contribution in [0.15, 0.2) is 12.2 Å². The fourth-order valence-electron chi connectivity index (χ4n) is 6.94. The highest BCUT2D eigenvalue weighted by atomic mass is 31.2. The van der Waals surface area contributed by atoms with Crippen LogP contribution in [-0.4, -0.2) is 59.0 Å². The summed E-state index contributed by atoms with van der Waals surface area (Å²) >= 11 is 0. The van der Waals surface area contributed by atoms with E-state index < -0.39 is 38.6 Å². The number of hydrogen-bond acceptors (Lipinski definition) is 7. The molecule has 0 fully saturated rings. The van der Waals surface area contributed by atoms with E-state index in [0.29, 0.717) is 6.42 Å². The SMILES string of the molecule is CCCCCCCCCCCCC/C=C/C(O)C(COP(=O)(O)OCCN)NC(=O)CC(O)CCCCCCCCCCCCCCCCCCCCC. The predicted octanol–water partition coefficient (Wildman–Crippen LogP) is 11.8. The molecule has 4 unspecified atom stereocenters. The molecular weight excluding hydrogens is 699 g/mol. The molecule has 10 heteroatoms. The zero-order chi connectivity index (χ0) is 39.8. The van der Waals surface area contributed by atoms with Crippen molar-refractivity contribution in [2.24, 2.45) is 5.73 Å². The van der Waals surface area contributed by atoms with Gasteiger partial charge in [0.2, 0.25) is 5.91 Å². The van der Waals surface area contributed by atoms with Gasteiger partial charge in [0.15, 0.2) is 0 Å². The van der Waals surface area contributed by atoms with Crippen LogP contribution in [0.2, 0.25) is 0 Å². The molecule has 9 nitrogen and oxygen atoms in total. The van der Waals surface area contributed by atoms with E-state index in [2.05, 4.69) is 19.2 Å². The summed E-state index contributed by atoms with van der Waals surface area (Å²) < 4.78 is 22.1. The highest BCUT2D eigenvalue weighted by molar-refractivity contribution is 7.47. The van der Waals surface area contributed by atoms with E-state index in [0.717, 1.165) is 38.5 Å². The summed E-state index contributed by atoms with van der Waals surface area (Å²) in [5.41, 5.74) is 5.36. The monoisotopic (exact) mass is 789 g/mol. The molecule has 54 heavy (non-hydrogen) atoms. The van der Waals surface area contributed by atoms with E-state index in [1.54, 1.807) is 6.08 Å². The normalized spacial score (nSPS) is 14.7. The number of amides is 1. The lowest BCUT2D eigenvalue weighted by atomic mass is 10.0. The van der Waals surface area contributed by atoms with Gasteiger partial charge in [0, 0.05) is 6.54 Å². The molecule has 0 aromatic rings. The Morgan fingerprint density at radius 3 is 1.43 bits per heavy atom. The minimum atomic E-state index is -4.39. The summed E-state index contributed by atoms with van der Waals surface area (Å²) in [7, 11) is -4.39. The molecule has 0 radical (unpaired) electrons. The van der Waals surface area contributed by atoms with Gasteiger partial charge in [-0.15, -0.1) is 0 Å². The Hall–Kier alpha value is -0.800. The van der Waals surface area contributed by atoms with Gasteiger partial charge in [-0.3, -0.25) is 13.8 Å². The predicted molar refractivity (Wildman–Crippen MR) is 228 cm³/mol. The highest BCUT2D eigenvalue weighted by Crippen LogP contribution is 2.43. The number of nitrogens with two attached hydrogens (primary N) is 1. The van der Waals surface area contributed by atoms with Crippen molar-refractivity contribution in [3.63, 3.8) is 0 Å². The van der Waals surface area contributed by atoms with Gasteiger partial charge < -0.3 is 26.2 Å². The van der Waals surface area contributed by atoms with Crippen molar-refractivity contribution in [3.05, 3.63) is 12.2 Å². The maximum Gasteiger partial charge on any atom is 0.472 e. The largest absolute Gasteiger partial charge is 0.472 e. The van der Waals surface area contributed by atoms with Gasteiger partial charge in [-0.2, -0.15) is 0 Å². The Balaban J connectivity index is 4.21. The molecule has 0 rings (SSSR count). The Labute approximate surface area is 333 Å². The number of hydrogen-bond donors (Lipinski definition) is 5. The van der Waals surface area contributed by atoms with Crippen LogP contribution in [0, 0.1) is 0 Å². The van der Waals surface area contributed by atoms with E-state index in [4.69, 9.17) is 14.8 Å². The van der Waals surface area contributed by atoms with Crippen LogP contribution in [0.1, 0.15) is 226 Å². The number of phosphoric acid groups is 1. The first-order chi connectivity index (χ1) is 26.3. The Morgan fingerprint density at radius 2 is 1.02 bits per heavy atom. The van der Waals surface area contributed by atoms with E-state index in [-0.39, 0.29) is 19.6 Å². The average Bonchev–Trinajstić information content (AvgIpc) is 3.15. The minimum absolute atomic E-state index is 0.0515. The average molecular weight is 789 g/mol. The fourth-order valence-corrected chi connectivity index (χ4v) is 7.70. The fraction of sp³-hybridized carbons (Fsp3) is 0.932. The maximum atomic E-state index is 12.8. The summed E-state index contributed by atoms with van der Waals surface area (Å²) in [4.78, 5) is 22.8. The van der Waals surface area contributed by atoms with Crippen LogP contribution in [0.25, 0.3) is 0 Å². The third-order valence-electron chi connectivity index (χ3n) is 10.4. The zero-order valence-electron chi connectivity index (χ0n) is 35.3. The number of unbranched alkanes of at least 4 members (excludes halogenated alkanes) is 29.